The molecule has 1 heteroatoms. The van der Waals surface area contributed by atoms with Crippen molar-refractivity contribution < 1.29 is 0 Å². The van der Waals surface area contributed by atoms with Gasteiger partial charge in [-0.05, 0) is 43.6 Å². The van der Waals surface area contributed by atoms with Crippen LogP contribution in [0.5, 0.6) is 0 Å². The highest BCUT2D eigenvalue weighted by Gasteiger charge is 2.30. The number of rotatable bonds is 6. The Hall–Kier alpha value is -0.0400. The van der Waals surface area contributed by atoms with Crippen molar-refractivity contribution in [1.82, 2.24) is 5.32 Å². The first-order valence-electron chi connectivity index (χ1n) is 6.91. The average molecular weight is 211 g/mol. The summed E-state index contributed by atoms with van der Waals surface area (Å²) in [4.78, 5) is 0. The lowest BCUT2D eigenvalue weighted by Gasteiger charge is -2.37. The molecule has 0 aromatic heterocycles. The molecule has 0 radical (unpaired) electrons. The van der Waals surface area contributed by atoms with Gasteiger partial charge in [-0.15, -0.1) is 0 Å². The molecule has 1 N–H and O–H groups in total. The monoisotopic (exact) mass is 211 g/mol. The zero-order valence-electron chi connectivity index (χ0n) is 10.9. The van der Waals surface area contributed by atoms with Crippen LogP contribution in [0.3, 0.4) is 0 Å². The van der Waals surface area contributed by atoms with Crippen LogP contribution in [-0.2, 0) is 0 Å². The standard InChI is InChI=1S/C14H29N/c1-4-6-7-13-8-10-14(3,11-9-13)12-15-5-2/h13,15H,4-12H2,1-3H3. The summed E-state index contributed by atoms with van der Waals surface area (Å²) < 4.78 is 0. The molecular formula is C14H29N. The molecule has 1 saturated carbocycles. The van der Waals surface area contributed by atoms with Gasteiger partial charge in [0.05, 0.1) is 0 Å². The Labute approximate surface area is 96.0 Å². The van der Waals surface area contributed by atoms with Crippen molar-refractivity contribution in [3.05, 3.63) is 0 Å². The fraction of sp³-hybridized carbons (Fsp3) is 1.00. The summed E-state index contributed by atoms with van der Waals surface area (Å²) in [7, 11) is 0. The van der Waals surface area contributed by atoms with E-state index in [0.717, 1.165) is 12.5 Å². The molecule has 1 aliphatic rings. The van der Waals surface area contributed by atoms with E-state index in [4.69, 9.17) is 0 Å². The maximum atomic E-state index is 3.52. The Bertz CT molecular complexity index is 157. The van der Waals surface area contributed by atoms with Crippen LogP contribution in [0.25, 0.3) is 0 Å². The van der Waals surface area contributed by atoms with Gasteiger partial charge in [0, 0.05) is 6.54 Å². The maximum absolute atomic E-state index is 3.52. The molecule has 0 unspecified atom stereocenters. The molecule has 15 heavy (non-hydrogen) atoms. The van der Waals surface area contributed by atoms with E-state index in [2.05, 4.69) is 26.1 Å². The minimum atomic E-state index is 0.596. The zero-order valence-corrected chi connectivity index (χ0v) is 10.9. The van der Waals surface area contributed by atoms with Gasteiger partial charge in [0.15, 0.2) is 0 Å². The van der Waals surface area contributed by atoms with Crippen molar-refractivity contribution in [2.75, 3.05) is 13.1 Å². The minimum absolute atomic E-state index is 0.596. The van der Waals surface area contributed by atoms with Crippen LogP contribution in [0, 0.1) is 11.3 Å². The largest absolute Gasteiger partial charge is 0.316 e. The first-order valence-corrected chi connectivity index (χ1v) is 6.91. The van der Waals surface area contributed by atoms with Gasteiger partial charge >= 0.3 is 0 Å². The SMILES string of the molecule is CCCCC1CCC(C)(CNCC)CC1. The van der Waals surface area contributed by atoms with Crippen LogP contribution in [0.15, 0.2) is 0 Å². The lowest BCUT2D eigenvalue weighted by molar-refractivity contribution is 0.160. The van der Waals surface area contributed by atoms with Crippen LogP contribution in [-0.4, -0.2) is 13.1 Å². The fourth-order valence-electron chi connectivity index (χ4n) is 2.76. The van der Waals surface area contributed by atoms with Crippen LogP contribution < -0.4 is 5.32 Å². The van der Waals surface area contributed by atoms with Crippen molar-refractivity contribution in [3.63, 3.8) is 0 Å². The molecule has 0 aromatic rings. The molecule has 0 heterocycles. The summed E-state index contributed by atoms with van der Waals surface area (Å²) in [5.74, 6) is 1.04. The molecule has 0 bridgehead atoms. The topological polar surface area (TPSA) is 12.0 Å². The Balaban J connectivity index is 2.21. The van der Waals surface area contributed by atoms with E-state index >= 15 is 0 Å². The summed E-state index contributed by atoms with van der Waals surface area (Å²) in [5, 5.41) is 3.52. The third kappa shape index (κ3) is 4.55. The second-order valence-corrected chi connectivity index (χ2v) is 5.68. The Kier molecular flexibility index (Phi) is 5.66. The smallest absolute Gasteiger partial charge is 0.000505 e. The van der Waals surface area contributed by atoms with Gasteiger partial charge < -0.3 is 5.32 Å². The minimum Gasteiger partial charge on any atom is -0.316 e. The van der Waals surface area contributed by atoms with Gasteiger partial charge in [0.25, 0.3) is 0 Å². The molecule has 1 fully saturated rings. The number of nitrogens with one attached hydrogen (secondary N) is 1. The average Bonchev–Trinajstić information content (AvgIpc) is 2.26. The van der Waals surface area contributed by atoms with Gasteiger partial charge in [0.2, 0.25) is 0 Å². The van der Waals surface area contributed by atoms with E-state index in [0.29, 0.717) is 5.41 Å². The van der Waals surface area contributed by atoms with Crippen LogP contribution in [0.4, 0.5) is 0 Å². The predicted molar refractivity (Wildman–Crippen MR) is 68.1 cm³/mol. The zero-order chi connectivity index (χ0) is 11.1. The summed E-state index contributed by atoms with van der Waals surface area (Å²) >= 11 is 0. The van der Waals surface area contributed by atoms with Crippen LogP contribution >= 0.6 is 0 Å². The van der Waals surface area contributed by atoms with Crippen LogP contribution in [0.2, 0.25) is 0 Å². The lowest BCUT2D eigenvalue weighted by Crippen LogP contribution is -2.35. The van der Waals surface area contributed by atoms with Crippen molar-refractivity contribution in [2.24, 2.45) is 11.3 Å². The maximum Gasteiger partial charge on any atom is 0.000505 e. The normalized spacial score (nSPS) is 31.8. The summed E-state index contributed by atoms with van der Waals surface area (Å²) in [6.45, 7) is 9.32. The van der Waals surface area contributed by atoms with E-state index in [1.54, 1.807) is 0 Å². The number of unbranched alkanes of at least 4 members (excludes halogenated alkanes) is 1. The van der Waals surface area contributed by atoms with E-state index < -0.39 is 0 Å². The number of hydrogen-bond acceptors (Lipinski definition) is 1. The molecule has 90 valence electrons. The third-order valence-corrected chi connectivity index (χ3v) is 4.08. The highest BCUT2D eigenvalue weighted by Crippen LogP contribution is 2.39. The summed E-state index contributed by atoms with van der Waals surface area (Å²) in [6.07, 6.45) is 10.1. The molecule has 0 saturated heterocycles. The van der Waals surface area contributed by atoms with Gasteiger partial charge in [-0.3, -0.25) is 0 Å². The highest BCUT2D eigenvalue weighted by atomic mass is 14.9. The molecular weight excluding hydrogens is 182 g/mol. The molecule has 1 nitrogen and oxygen atoms in total. The lowest BCUT2D eigenvalue weighted by atomic mass is 9.70. The fourth-order valence-corrected chi connectivity index (χ4v) is 2.76. The van der Waals surface area contributed by atoms with Gasteiger partial charge in [-0.1, -0.05) is 40.0 Å². The molecule has 0 spiro atoms. The highest BCUT2D eigenvalue weighted by molar-refractivity contribution is 4.83. The molecule has 0 aliphatic heterocycles. The second-order valence-electron chi connectivity index (χ2n) is 5.68. The molecule has 0 atom stereocenters. The van der Waals surface area contributed by atoms with E-state index in [9.17, 15) is 0 Å². The van der Waals surface area contributed by atoms with Crippen LogP contribution in [0.1, 0.15) is 65.7 Å². The van der Waals surface area contributed by atoms with Crippen molar-refractivity contribution in [1.29, 1.82) is 0 Å². The first-order chi connectivity index (χ1) is 7.20. The molecule has 0 amide bonds. The molecule has 1 rings (SSSR count). The predicted octanol–water partition coefficient (Wildman–Crippen LogP) is 3.98. The van der Waals surface area contributed by atoms with Gasteiger partial charge in [-0.25, -0.2) is 0 Å². The van der Waals surface area contributed by atoms with Gasteiger partial charge in [-0.2, -0.15) is 0 Å². The quantitative estimate of drug-likeness (QED) is 0.700. The number of hydrogen-bond donors (Lipinski definition) is 1. The Morgan fingerprint density at radius 3 is 2.40 bits per heavy atom. The van der Waals surface area contributed by atoms with Gasteiger partial charge in [0.1, 0.15) is 0 Å². The first kappa shape index (κ1) is 13.0. The van der Waals surface area contributed by atoms with Crippen molar-refractivity contribution in [2.45, 2.75) is 65.7 Å². The molecule has 1 aliphatic carbocycles. The van der Waals surface area contributed by atoms with Crippen molar-refractivity contribution in [3.8, 4) is 0 Å². The van der Waals surface area contributed by atoms with E-state index in [1.165, 1.54) is 51.5 Å². The Morgan fingerprint density at radius 1 is 1.20 bits per heavy atom. The molecule has 0 aromatic carbocycles. The summed E-state index contributed by atoms with van der Waals surface area (Å²) in [6, 6.07) is 0. The van der Waals surface area contributed by atoms with Crippen molar-refractivity contribution >= 4 is 0 Å². The van der Waals surface area contributed by atoms with E-state index in [1.807, 2.05) is 0 Å². The third-order valence-electron chi connectivity index (χ3n) is 4.08. The summed E-state index contributed by atoms with van der Waals surface area (Å²) in [5.41, 5.74) is 0.596. The van der Waals surface area contributed by atoms with E-state index in [-0.39, 0.29) is 0 Å². The second kappa shape index (κ2) is 6.52. The Morgan fingerprint density at radius 2 is 1.87 bits per heavy atom.